The molecule has 0 saturated carbocycles. The Morgan fingerprint density at radius 2 is 2.19 bits per heavy atom. The number of carbonyl (C=O) groups excluding carboxylic acids is 2. The van der Waals surface area contributed by atoms with E-state index in [1.807, 2.05) is 22.4 Å². The number of hydrogen-bond acceptors (Lipinski definition) is 4. The summed E-state index contributed by atoms with van der Waals surface area (Å²) in [6.07, 6.45) is 6.08. The lowest BCUT2D eigenvalue weighted by atomic mass is 9.78. The second-order valence-corrected chi connectivity index (χ2v) is 8.37. The summed E-state index contributed by atoms with van der Waals surface area (Å²) in [5, 5.41) is 2.32. The Balaban J connectivity index is 1.49. The number of pyridine rings is 1. The molecule has 2 fully saturated rings. The maximum absolute atomic E-state index is 13.2. The summed E-state index contributed by atoms with van der Waals surface area (Å²) in [7, 11) is 0. The van der Waals surface area contributed by atoms with Gasteiger partial charge in [0, 0.05) is 38.6 Å². The Labute approximate surface area is 161 Å². The predicted molar refractivity (Wildman–Crippen MR) is 101 cm³/mol. The van der Waals surface area contributed by atoms with Crippen LogP contribution in [0.2, 0.25) is 5.02 Å². The highest BCUT2D eigenvalue weighted by Crippen LogP contribution is 2.41. The van der Waals surface area contributed by atoms with Crippen molar-refractivity contribution in [3.63, 3.8) is 0 Å². The van der Waals surface area contributed by atoms with Gasteiger partial charge < -0.3 is 9.80 Å². The molecule has 4 heterocycles. The Bertz CT molecular complexity index is 825. The average Bonchev–Trinajstić information content (AvgIpc) is 3.27. The topological polar surface area (TPSA) is 53.5 Å². The molecular weight excluding hydrogens is 370 g/mol. The third-order valence-electron chi connectivity index (χ3n) is 5.37. The van der Waals surface area contributed by atoms with E-state index >= 15 is 0 Å². The van der Waals surface area contributed by atoms with E-state index in [1.165, 1.54) is 11.3 Å². The molecule has 0 radical (unpaired) electrons. The predicted octanol–water partition coefficient (Wildman–Crippen LogP) is 3.45. The van der Waals surface area contributed by atoms with Gasteiger partial charge in [0.2, 0.25) is 5.91 Å². The number of thiophene rings is 1. The molecule has 26 heavy (non-hydrogen) atoms. The van der Waals surface area contributed by atoms with E-state index in [4.69, 9.17) is 11.6 Å². The molecule has 5 nitrogen and oxygen atoms in total. The number of aromatic nitrogens is 1. The molecule has 2 saturated heterocycles. The Hall–Kier alpha value is -1.92. The van der Waals surface area contributed by atoms with Crippen LogP contribution in [0, 0.1) is 5.41 Å². The monoisotopic (exact) mass is 389 g/mol. The van der Waals surface area contributed by atoms with Crippen molar-refractivity contribution in [2.75, 3.05) is 19.6 Å². The highest BCUT2D eigenvalue weighted by atomic mass is 35.5. The van der Waals surface area contributed by atoms with Crippen molar-refractivity contribution in [3.8, 4) is 0 Å². The van der Waals surface area contributed by atoms with E-state index < -0.39 is 5.41 Å². The van der Waals surface area contributed by atoms with E-state index in [9.17, 15) is 9.59 Å². The van der Waals surface area contributed by atoms with Crippen molar-refractivity contribution < 1.29 is 9.59 Å². The number of carbonyl (C=O) groups is 2. The lowest BCUT2D eigenvalue weighted by Crippen LogP contribution is -2.50. The number of piperidine rings is 1. The van der Waals surface area contributed by atoms with Gasteiger partial charge in [-0.15, -0.1) is 11.3 Å². The molecular formula is C19H20ClN3O2S. The number of rotatable bonds is 3. The minimum atomic E-state index is -0.445. The molecule has 0 aliphatic carbocycles. The summed E-state index contributed by atoms with van der Waals surface area (Å²) < 4.78 is 0. The molecule has 1 spiro atoms. The van der Waals surface area contributed by atoms with Crippen LogP contribution < -0.4 is 0 Å². The van der Waals surface area contributed by atoms with Crippen molar-refractivity contribution in [2.45, 2.75) is 25.8 Å². The van der Waals surface area contributed by atoms with Crippen molar-refractivity contribution in [2.24, 2.45) is 5.41 Å². The van der Waals surface area contributed by atoms with Crippen molar-refractivity contribution >= 4 is 34.8 Å². The lowest BCUT2D eigenvalue weighted by Gasteiger charge is -2.39. The minimum Gasteiger partial charge on any atom is -0.338 e. The number of amides is 2. The lowest BCUT2D eigenvalue weighted by molar-refractivity contribution is -0.146. The first-order valence-electron chi connectivity index (χ1n) is 8.80. The average molecular weight is 390 g/mol. The molecule has 0 unspecified atom stereocenters. The first kappa shape index (κ1) is 17.5. The van der Waals surface area contributed by atoms with E-state index in [2.05, 4.69) is 4.98 Å². The van der Waals surface area contributed by atoms with Gasteiger partial charge >= 0.3 is 0 Å². The quantitative estimate of drug-likeness (QED) is 0.807. The van der Waals surface area contributed by atoms with Crippen LogP contribution in [-0.4, -0.2) is 46.2 Å². The summed E-state index contributed by atoms with van der Waals surface area (Å²) in [4.78, 5) is 34.4. The van der Waals surface area contributed by atoms with E-state index in [0.29, 0.717) is 29.5 Å². The second kappa shape index (κ2) is 7.00. The van der Waals surface area contributed by atoms with Crippen LogP contribution in [0.5, 0.6) is 0 Å². The van der Waals surface area contributed by atoms with Crippen LogP contribution in [0.1, 0.15) is 34.5 Å². The van der Waals surface area contributed by atoms with Crippen LogP contribution >= 0.6 is 22.9 Å². The van der Waals surface area contributed by atoms with Gasteiger partial charge in [-0.05, 0) is 42.3 Å². The summed E-state index contributed by atoms with van der Waals surface area (Å²) in [5.41, 5.74) is 0.592. The zero-order chi connectivity index (χ0) is 18.1. The standard InChI is InChI=1S/C19H20ClN3O2S/c20-15-4-10-26-16(15)17(24)23-9-6-19(13-23)5-2-8-22(18(19)25)12-14-3-1-7-21-11-14/h1,3-4,7,10-11H,2,5-6,8-9,12-13H2/t19-/m0/s1. The highest BCUT2D eigenvalue weighted by molar-refractivity contribution is 7.12. The van der Waals surface area contributed by atoms with E-state index in [0.717, 1.165) is 31.4 Å². The van der Waals surface area contributed by atoms with Gasteiger partial charge in [-0.2, -0.15) is 0 Å². The first-order chi connectivity index (χ1) is 12.6. The molecule has 1 atom stereocenters. The van der Waals surface area contributed by atoms with Gasteiger partial charge in [0.1, 0.15) is 4.88 Å². The minimum absolute atomic E-state index is 0.0564. The molecule has 2 aliphatic rings. The summed E-state index contributed by atoms with van der Waals surface area (Å²) in [6, 6.07) is 5.62. The zero-order valence-corrected chi connectivity index (χ0v) is 15.9. The fraction of sp³-hybridized carbons (Fsp3) is 0.421. The Morgan fingerprint density at radius 1 is 1.31 bits per heavy atom. The summed E-state index contributed by atoms with van der Waals surface area (Å²) in [6.45, 7) is 2.45. The fourth-order valence-electron chi connectivity index (χ4n) is 4.03. The first-order valence-corrected chi connectivity index (χ1v) is 10.1. The number of nitrogens with zero attached hydrogens (tertiary/aromatic N) is 3. The van der Waals surface area contributed by atoms with E-state index in [1.54, 1.807) is 23.4 Å². The van der Waals surface area contributed by atoms with Crippen LogP contribution in [0.25, 0.3) is 0 Å². The van der Waals surface area contributed by atoms with Crippen LogP contribution in [-0.2, 0) is 11.3 Å². The van der Waals surface area contributed by atoms with Crippen molar-refractivity contribution in [3.05, 3.63) is 51.4 Å². The number of hydrogen-bond donors (Lipinski definition) is 0. The number of halogens is 1. The number of likely N-dealkylation sites (tertiary alicyclic amines) is 2. The molecule has 2 aromatic rings. The van der Waals surface area contributed by atoms with Gasteiger partial charge in [-0.1, -0.05) is 17.7 Å². The van der Waals surface area contributed by atoms with Gasteiger partial charge in [0.05, 0.1) is 10.4 Å². The van der Waals surface area contributed by atoms with Gasteiger partial charge in [0.15, 0.2) is 0 Å². The molecule has 2 amide bonds. The molecule has 0 bridgehead atoms. The van der Waals surface area contributed by atoms with Crippen LogP contribution in [0.15, 0.2) is 36.0 Å². The molecule has 7 heteroatoms. The summed E-state index contributed by atoms with van der Waals surface area (Å²) >= 11 is 7.47. The highest BCUT2D eigenvalue weighted by Gasteiger charge is 2.49. The normalized spacial score (nSPS) is 23.0. The third-order valence-corrected chi connectivity index (χ3v) is 6.70. The fourth-order valence-corrected chi connectivity index (χ4v) is 5.13. The molecule has 0 N–H and O–H groups in total. The van der Waals surface area contributed by atoms with E-state index in [-0.39, 0.29) is 11.8 Å². The molecule has 0 aromatic carbocycles. The van der Waals surface area contributed by atoms with Gasteiger partial charge in [0.25, 0.3) is 5.91 Å². The van der Waals surface area contributed by atoms with Crippen LogP contribution in [0.4, 0.5) is 0 Å². The zero-order valence-electron chi connectivity index (χ0n) is 14.4. The Morgan fingerprint density at radius 3 is 2.92 bits per heavy atom. The maximum atomic E-state index is 13.2. The smallest absolute Gasteiger partial charge is 0.265 e. The molecule has 2 aromatic heterocycles. The van der Waals surface area contributed by atoms with Crippen LogP contribution in [0.3, 0.4) is 0 Å². The molecule has 4 rings (SSSR count). The largest absolute Gasteiger partial charge is 0.338 e. The second-order valence-electron chi connectivity index (χ2n) is 7.05. The van der Waals surface area contributed by atoms with Crippen molar-refractivity contribution in [1.82, 2.24) is 14.8 Å². The maximum Gasteiger partial charge on any atom is 0.265 e. The molecule has 136 valence electrons. The molecule has 2 aliphatic heterocycles. The third kappa shape index (κ3) is 3.12. The van der Waals surface area contributed by atoms with Crippen molar-refractivity contribution in [1.29, 1.82) is 0 Å². The van der Waals surface area contributed by atoms with Gasteiger partial charge in [-0.3, -0.25) is 14.6 Å². The van der Waals surface area contributed by atoms with Gasteiger partial charge in [-0.25, -0.2) is 0 Å². The SMILES string of the molecule is O=C(c1sccc1Cl)N1CC[C@@]2(CCCN(Cc3cccnc3)C2=O)C1. The Kier molecular flexibility index (Phi) is 4.71. The summed E-state index contributed by atoms with van der Waals surface area (Å²) in [5.74, 6) is 0.110.